The number of halogens is 2. The molecule has 2 nitrogen and oxygen atoms in total. The van der Waals surface area contributed by atoms with Crippen LogP contribution >= 0.6 is 15.9 Å². The van der Waals surface area contributed by atoms with Crippen LogP contribution in [0.1, 0.15) is 19.4 Å². The molecule has 2 atom stereocenters. The average Bonchev–Trinajstić information content (AvgIpc) is 2.27. The number of alkyl halides is 1. The van der Waals surface area contributed by atoms with Gasteiger partial charge in [-0.15, -0.1) is 0 Å². The lowest BCUT2D eigenvalue weighted by molar-refractivity contribution is -0.121. The van der Waals surface area contributed by atoms with Crippen molar-refractivity contribution in [1.82, 2.24) is 5.32 Å². The van der Waals surface area contributed by atoms with Crippen LogP contribution in [0.25, 0.3) is 0 Å². The fraction of sp³-hybridized carbons (Fsp3) is 0.462. The summed E-state index contributed by atoms with van der Waals surface area (Å²) >= 11 is 3.38. The molecule has 0 aliphatic carbocycles. The fourth-order valence-electron chi connectivity index (χ4n) is 1.41. The van der Waals surface area contributed by atoms with Crippen LogP contribution in [0.5, 0.6) is 0 Å². The first kappa shape index (κ1) is 14.2. The van der Waals surface area contributed by atoms with Crippen molar-refractivity contribution in [3.8, 4) is 0 Å². The van der Waals surface area contributed by atoms with Crippen molar-refractivity contribution in [3.63, 3.8) is 0 Å². The first-order valence-electron chi connectivity index (χ1n) is 5.62. The summed E-state index contributed by atoms with van der Waals surface area (Å²) in [6.45, 7) is 4.03. The van der Waals surface area contributed by atoms with Crippen molar-refractivity contribution in [2.45, 2.75) is 26.3 Å². The maximum absolute atomic E-state index is 12.9. The maximum atomic E-state index is 12.9. The predicted molar refractivity (Wildman–Crippen MR) is 70.7 cm³/mol. The van der Waals surface area contributed by atoms with E-state index in [1.54, 1.807) is 12.1 Å². The third kappa shape index (κ3) is 4.86. The molecule has 0 heterocycles. The van der Waals surface area contributed by atoms with E-state index < -0.39 is 0 Å². The number of benzene rings is 1. The molecule has 0 spiro atoms. The number of hydrogen-bond donors (Lipinski definition) is 1. The van der Waals surface area contributed by atoms with Gasteiger partial charge in [0.15, 0.2) is 0 Å². The predicted octanol–water partition coefficient (Wildman–Crippen LogP) is 2.90. The number of carbonyl (C=O) groups excluding carboxylic acids is 1. The highest BCUT2D eigenvalue weighted by atomic mass is 79.9. The Balaban J connectivity index is 2.50. The molecule has 1 aromatic carbocycles. The molecule has 0 radical (unpaired) electrons. The average molecular weight is 302 g/mol. The quantitative estimate of drug-likeness (QED) is 0.833. The number of nitrogens with one attached hydrogen (secondary N) is 1. The Morgan fingerprint density at radius 3 is 2.76 bits per heavy atom. The standard InChI is InChI=1S/C13H17BrFNO/c1-9(8-14)10(2)16-13(17)7-11-4-3-5-12(15)6-11/h3-6,9-10H,7-8H2,1-2H3,(H,16,17). The van der Waals surface area contributed by atoms with E-state index in [1.807, 2.05) is 6.92 Å². The highest BCUT2D eigenvalue weighted by Gasteiger charge is 2.13. The van der Waals surface area contributed by atoms with Gasteiger partial charge in [-0.3, -0.25) is 4.79 Å². The summed E-state index contributed by atoms with van der Waals surface area (Å²) in [5, 5.41) is 3.75. The van der Waals surface area contributed by atoms with Crippen molar-refractivity contribution >= 4 is 21.8 Å². The van der Waals surface area contributed by atoms with Crippen LogP contribution in [0.4, 0.5) is 4.39 Å². The highest BCUT2D eigenvalue weighted by Crippen LogP contribution is 2.07. The van der Waals surface area contributed by atoms with E-state index in [-0.39, 0.29) is 24.2 Å². The van der Waals surface area contributed by atoms with Crippen molar-refractivity contribution in [2.75, 3.05) is 5.33 Å². The monoisotopic (exact) mass is 301 g/mol. The topological polar surface area (TPSA) is 29.1 Å². The van der Waals surface area contributed by atoms with Gasteiger partial charge >= 0.3 is 0 Å². The molecule has 0 fully saturated rings. The van der Waals surface area contributed by atoms with Gasteiger partial charge in [0.25, 0.3) is 0 Å². The lowest BCUT2D eigenvalue weighted by Gasteiger charge is -2.19. The van der Waals surface area contributed by atoms with Gasteiger partial charge in [-0.1, -0.05) is 35.0 Å². The molecule has 4 heteroatoms. The van der Waals surface area contributed by atoms with Crippen LogP contribution in [-0.4, -0.2) is 17.3 Å². The van der Waals surface area contributed by atoms with Crippen LogP contribution < -0.4 is 5.32 Å². The molecule has 94 valence electrons. The first-order chi connectivity index (χ1) is 8.02. The molecule has 0 aliphatic heterocycles. The van der Waals surface area contributed by atoms with Gasteiger partial charge < -0.3 is 5.32 Å². The van der Waals surface area contributed by atoms with E-state index in [2.05, 4.69) is 28.2 Å². The maximum Gasteiger partial charge on any atom is 0.224 e. The van der Waals surface area contributed by atoms with Crippen LogP contribution in [0, 0.1) is 11.7 Å². The minimum absolute atomic E-state index is 0.0732. The second-order valence-electron chi connectivity index (χ2n) is 4.29. The molecule has 1 rings (SSSR count). The van der Waals surface area contributed by atoms with E-state index >= 15 is 0 Å². The van der Waals surface area contributed by atoms with Gasteiger partial charge in [0.1, 0.15) is 5.82 Å². The zero-order chi connectivity index (χ0) is 12.8. The minimum Gasteiger partial charge on any atom is -0.353 e. The van der Waals surface area contributed by atoms with E-state index in [1.165, 1.54) is 12.1 Å². The van der Waals surface area contributed by atoms with Gasteiger partial charge in [-0.25, -0.2) is 4.39 Å². The Kier molecular flexibility index (Phi) is 5.62. The normalized spacial score (nSPS) is 14.1. The summed E-state index contributed by atoms with van der Waals surface area (Å²) in [6, 6.07) is 6.23. The van der Waals surface area contributed by atoms with Crippen LogP contribution in [0.3, 0.4) is 0 Å². The van der Waals surface area contributed by atoms with E-state index in [0.29, 0.717) is 11.5 Å². The molecule has 0 saturated heterocycles. The molecule has 2 unspecified atom stereocenters. The summed E-state index contributed by atoms with van der Waals surface area (Å²) in [4.78, 5) is 11.7. The molecule has 0 aromatic heterocycles. The number of amides is 1. The summed E-state index contributed by atoms with van der Waals surface area (Å²) < 4.78 is 12.9. The van der Waals surface area contributed by atoms with Crippen molar-refractivity contribution in [1.29, 1.82) is 0 Å². The third-order valence-corrected chi connectivity index (χ3v) is 3.76. The van der Waals surface area contributed by atoms with Gasteiger partial charge in [0, 0.05) is 11.4 Å². The van der Waals surface area contributed by atoms with E-state index in [4.69, 9.17) is 0 Å². The lowest BCUT2D eigenvalue weighted by Crippen LogP contribution is -2.38. The summed E-state index contributed by atoms with van der Waals surface area (Å²) in [5.41, 5.74) is 0.696. The van der Waals surface area contributed by atoms with Gasteiger partial charge in [-0.05, 0) is 30.5 Å². The van der Waals surface area contributed by atoms with Crippen LogP contribution in [0.2, 0.25) is 0 Å². The smallest absolute Gasteiger partial charge is 0.224 e. The number of hydrogen-bond acceptors (Lipinski definition) is 1. The van der Waals surface area contributed by atoms with Crippen LogP contribution in [0.15, 0.2) is 24.3 Å². The molecule has 1 N–H and O–H groups in total. The van der Waals surface area contributed by atoms with E-state index in [9.17, 15) is 9.18 Å². The molecule has 0 saturated carbocycles. The largest absolute Gasteiger partial charge is 0.353 e. The zero-order valence-electron chi connectivity index (χ0n) is 10.0. The molecule has 0 aliphatic rings. The fourth-order valence-corrected chi connectivity index (χ4v) is 1.97. The summed E-state index contributed by atoms with van der Waals surface area (Å²) in [6.07, 6.45) is 0.219. The molecular formula is C13H17BrFNO. The van der Waals surface area contributed by atoms with Gasteiger partial charge in [0.2, 0.25) is 5.91 Å². The van der Waals surface area contributed by atoms with Gasteiger partial charge in [-0.2, -0.15) is 0 Å². The molecular weight excluding hydrogens is 285 g/mol. The number of rotatable bonds is 5. The van der Waals surface area contributed by atoms with Crippen molar-refractivity contribution < 1.29 is 9.18 Å². The number of carbonyl (C=O) groups is 1. The van der Waals surface area contributed by atoms with Crippen molar-refractivity contribution in [2.24, 2.45) is 5.92 Å². The SMILES string of the molecule is CC(CBr)C(C)NC(=O)Cc1cccc(F)c1. The Morgan fingerprint density at radius 2 is 2.18 bits per heavy atom. The Labute approximate surface area is 110 Å². The Morgan fingerprint density at radius 1 is 1.47 bits per heavy atom. The molecule has 1 amide bonds. The second kappa shape index (κ2) is 6.74. The minimum atomic E-state index is -0.308. The van der Waals surface area contributed by atoms with Crippen molar-refractivity contribution in [3.05, 3.63) is 35.6 Å². The summed E-state index contributed by atoms with van der Waals surface area (Å²) in [5.74, 6) is -0.0143. The molecule has 0 bridgehead atoms. The van der Waals surface area contributed by atoms with Crippen LogP contribution in [-0.2, 0) is 11.2 Å². The van der Waals surface area contributed by atoms with E-state index in [0.717, 1.165) is 5.33 Å². The second-order valence-corrected chi connectivity index (χ2v) is 4.94. The Bertz CT molecular complexity index is 383. The summed E-state index contributed by atoms with van der Waals surface area (Å²) in [7, 11) is 0. The zero-order valence-corrected chi connectivity index (χ0v) is 11.6. The molecule has 17 heavy (non-hydrogen) atoms. The highest BCUT2D eigenvalue weighted by molar-refractivity contribution is 9.09. The first-order valence-corrected chi connectivity index (χ1v) is 6.75. The molecule has 1 aromatic rings. The van der Waals surface area contributed by atoms with Gasteiger partial charge in [0.05, 0.1) is 6.42 Å². The Hall–Kier alpha value is -0.900. The third-order valence-electron chi connectivity index (χ3n) is 2.74. The lowest BCUT2D eigenvalue weighted by atomic mass is 10.1.